The second kappa shape index (κ2) is 13.3. The van der Waals surface area contributed by atoms with Gasteiger partial charge in [0.2, 0.25) is 11.8 Å². The van der Waals surface area contributed by atoms with Crippen molar-refractivity contribution in [2.45, 2.75) is 5.22 Å². The molecule has 0 aliphatic carbocycles. The summed E-state index contributed by atoms with van der Waals surface area (Å²) in [6.07, 6.45) is 3.21. The number of carbonyl (C=O) groups is 2. The molecule has 0 saturated carbocycles. The van der Waals surface area contributed by atoms with Gasteiger partial charge in [0.15, 0.2) is 5.78 Å². The van der Waals surface area contributed by atoms with E-state index >= 15 is 0 Å². The van der Waals surface area contributed by atoms with E-state index in [-0.39, 0.29) is 40.0 Å². The minimum absolute atomic E-state index is 0.0146. The van der Waals surface area contributed by atoms with Crippen LogP contribution in [0.1, 0.15) is 15.9 Å². The third-order valence-electron chi connectivity index (χ3n) is 7.00. The summed E-state index contributed by atoms with van der Waals surface area (Å²) in [4.78, 5) is 35.7. The van der Waals surface area contributed by atoms with Gasteiger partial charge in [0.1, 0.15) is 5.75 Å². The predicted molar refractivity (Wildman–Crippen MR) is 177 cm³/mol. The van der Waals surface area contributed by atoms with Gasteiger partial charge >= 0.3 is 0 Å². The van der Waals surface area contributed by atoms with Crippen LogP contribution in [0.4, 0.5) is 11.4 Å². The molecule has 6 aromatic rings. The molecule has 0 aliphatic heterocycles. The van der Waals surface area contributed by atoms with E-state index in [2.05, 4.69) is 15.5 Å². The molecule has 0 spiro atoms. The number of aromatic nitrogens is 2. The fourth-order valence-corrected chi connectivity index (χ4v) is 5.24. The van der Waals surface area contributed by atoms with E-state index in [1.807, 2.05) is 54.6 Å². The Morgan fingerprint density at radius 3 is 2.35 bits per heavy atom. The number of amides is 1. The molecule has 0 aliphatic rings. The van der Waals surface area contributed by atoms with E-state index in [0.717, 1.165) is 39.2 Å². The molecule has 5 aromatic carbocycles. The van der Waals surface area contributed by atoms with Crippen molar-refractivity contribution in [2.75, 3.05) is 11.1 Å². The number of allylic oxidation sites excluding steroid dienone is 1. The number of phenolic OH excluding ortho intramolecular Hbond substituents is 1. The van der Waals surface area contributed by atoms with E-state index < -0.39 is 4.92 Å². The number of ketones is 1. The lowest BCUT2D eigenvalue weighted by Gasteiger charge is -2.08. The smallest absolute Gasteiger partial charge is 0.277 e. The number of phenols is 1. The Bertz CT molecular complexity index is 2110. The standard InChI is InChI=1S/C35H24N4O6S/c40-31(17-10-22-8-11-23(12-9-22)30-19-25-4-1-2-5-26(25)20-32(30)41)24-13-15-28(16-14-24)36-33(42)21-46-35-38-37-34(45-35)27-6-3-7-29(18-27)39(43)44/h1-20,41H,21H2,(H,36,42)/b17-10-. The second-order valence-corrected chi connectivity index (χ2v) is 11.1. The number of nitro benzene ring substituents is 1. The van der Waals surface area contributed by atoms with Crippen LogP contribution < -0.4 is 5.32 Å². The molecule has 46 heavy (non-hydrogen) atoms. The average Bonchev–Trinajstić information content (AvgIpc) is 3.56. The lowest BCUT2D eigenvalue weighted by Crippen LogP contribution is -2.14. The van der Waals surface area contributed by atoms with Crippen molar-refractivity contribution in [1.82, 2.24) is 10.2 Å². The van der Waals surface area contributed by atoms with Crippen molar-refractivity contribution in [3.8, 4) is 28.3 Å². The van der Waals surface area contributed by atoms with Gasteiger partial charge in [-0.15, -0.1) is 10.2 Å². The van der Waals surface area contributed by atoms with Crippen LogP contribution in [0.3, 0.4) is 0 Å². The summed E-state index contributed by atoms with van der Waals surface area (Å²) in [5, 5.41) is 34.2. The molecule has 0 saturated heterocycles. The highest BCUT2D eigenvalue weighted by molar-refractivity contribution is 7.99. The van der Waals surface area contributed by atoms with E-state index in [1.54, 1.807) is 42.5 Å². The largest absolute Gasteiger partial charge is 0.507 e. The maximum atomic E-state index is 12.8. The van der Waals surface area contributed by atoms with Gasteiger partial charge in [0, 0.05) is 34.5 Å². The Labute approximate surface area is 266 Å². The minimum atomic E-state index is -0.514. The number of thioether (sulfide) groups is 1. The van der Waals surface area contributed by atoms with Gasteiger partial charge in [-0.05, 0) is 70.4 Å². The van der Waals surface area contributed by atoms with Crippen LogP contribution in [-0.2, 0) is 4.79 Å². The first-order chi connectivity index (χ1) is 22.3. The van der Waals surface area contributed by atoms with Crippen LogP contribution in [0.2, 0.25) is 0 Å². The van der Waals surface area contributed by atoms with Crippen molar-refractivity contribution in [3.05, 3.63) is 137 Å². The maximum absolute atomic E-state index is 12.8. The predicted octanol–water partition coefficient (Wildman–Crippen LogP) is 7.80. The lowest BCUT2D eigenvalue weighted by molar-refractivity contribution is -0.384. The minimum Gasteiger partial charge on any atom is -0.507 e. The van der Waals surface area contributed by atoms with Crippen LogP contribution in [0.5, 0.6) is 5.75 Å². The zero-order valence-corrected chi connectivity index (χ0v) is 24.8. The zero-order valence-electron chi connectivity index (χ0n) is 24.0. The Hall–Kier alpha value is -6.07. The molecule has 1 aromatic heterocycles. The van der Waals surface area contributed by atoms with Crippen molar-refractivity contribution in [3.63, 3.8) is 0 Å². The van der Waals surface area contributed by atoms with Crippen LogP contribution in [0.15, 0.2) is 125 Å². The molecular weight excluding hydrogens is 604 g/mol. The van der Waals surface area contributed by atoms with Gasteiger partial charge in [-0.3, -0.25) is 19.7 Å². The summed E-state index contributed by atoms with van der Waals surface area (Å²) in [5.74, 6) is -0.213. The fourth-order valence-electron chi connectivity index (χ4n) is 4.68. The van der Waals surface area contributed by atoms with Crippen LogP contribution in [0, 0.1) is 10.1 Å². The summed E-state index contributed by atoms with van der Waals surface area (Å²) >= 11 is 1.02. The summed E-state index contributed by atoms with van der Waals surface area (Å²) in [5.41, 5.74) is 3.71. The van der Waals surface area contributed by atoms with Crippen molar-refractivity contribution in [2.24, 2.45) is 0 Å². The monoisotopic (exact) mass is 628 g/mol. The molecule has 1 amide bonds. The van der Waals surface area contributed by atoms with E-state index in [4.69, 9.17) is 4.42 Å². The summed E-state index contributed by atoms with van der Waals surface area (Å²) in [7, 11) is 0. The molecule has 6 rings (SSSR count). The molecule has 0 bridgehead atoms. The van der Waals surface area contributed by atoms with Gasteiger partial charge in [-0.25, -0.2) is 0 Å². The molecule has 0 fully saturated rings. The molecule has 1 heterocycles. The van der Waals surface area contributed by atoms with Crippen molar-refractivity contribution in [1.29, 1.82) is 0 Å². The van der Waals surface area contributed by atoms with E-state index in [9.17, 15) is 24.8 Å². The lowest BCUT2D eigenvalue weighted by atomic mass is 9.99. The number of benzene rings is 5. The van der Waals surface area contributed by atoms with Crippen molar-refractivity contribution >= 4 is 51.7 Å². The molecule has 2 N–H and O–H groups in total. The summed E-state index contributed by atoms with van der Waals surface area (Å²) < 4.78 is 5.53. The Morgan fingerprint density at radius 2 is 1.61 bits per heavy atom. The molecule has 11 heteroatoms. The molecule has 0 unspecified atom stereocenters. The number of nitro groups is 1. The molecule has 0 atom stereocenters. The molecule has 226 valence electrons. The second-order valence-electron chi connectivity index (χ2n) is 10.1. The molecular formula is C35H24N4O6S. The highest BCUT2D eigenvalue weighted by Crippen LogP contribution is 2.33. The first-order valence-electron chi connectivity index (χ1n) is 14.0. The van der Waals surface area contributed by atoms with Gasteiger partial charge in [0.25, 0.3) is 10.9 Å². The Kier molecular flexibility index (Phi) is 8.66. The topological polar surface area (TPSA) is 148 Å². The number of nitrogens with zero attached hydrogens (tertiary/aromatic N) is 3. The van der Waals surface area contributed by atoms with E-state index in [1.165, 1.54) is 24.3 Å². The van der Waals surface area contributed by atoms with Crippen LogP contribution in [-0.4, -0.2) is 37.7 Å². The van der Waals surface area contributed by atoms with E-state index in [0.29, 0.717) is 16.8 Å². The number of carbonyl (C=O) groups excluding carboxylic acids is 2. The third-order valence-corrected chi connectivity index (χ3v) is 7.82. The maximum Gasteiger partial charge on any atom is 0.277 e. The first kappa shape index (κ1) is 30.0. The first-order valence-corrected chi connectivity index (χ1v) is 15.0. The number of aromatic hydroxyl groups is 1. The average molecular weight is 629 g/mol. The normalized spacial score (nSPS) is 11.1. The van der Waals surface area contributed by atoms with Crippen LogP contribution >= 0.6 is 11.8 Å². The quantitative estimate of drug-likeness (QED) is 0.0509. The highest BCUT2D eigenvalue weighted by Gasteiger charge is 2.15. The molecule has 0 radical (unpaired) electrons. The van der Waals surface area contributed by atoms with Crippen LogP contribution in [0.25, 0.3) is 39.4 Å². The summed E-state index contributed by atoms with van der Waals surface area (Å²) in [6, 6.07) is 31.5. The number of nitrogens with one attached hydrogen (secondary N) is 1. The fraction of sp³-hybridized carbons (Fsp3) is 0.0286. The van der Waals surface area contributed by atoms with Crippen molar-refractivity contribution < 1.29 is 24.0 Å². The third kappa shape index (κ3) is 7.01. The molecule has 10 nitrogen and oxygen atoms in total. The summed E-state index contributed by atoms with van der Waals surface area (Å²) in [6.45, 7) is 0. The van der Waals surface area contributed by atoms with Gasteiger partial charge in [-0.1, -0.05) is 72.4 Å². The van der Waals surface area contributed by atoms with Gasteiger partial charge in [-0.2, -0.15) is 0 Å². The Morgan fingerprint density at radius 1 is 0.870 bits per heavy atom. The number of hydrogen-bond acceptors (Lipinski definition) is 9. The van der Waals surface area contributed by atoms with Gasteiger partial charge in [0.05, 0.1) is 10.7 Å². The number of hydrogen-bond donors (Lipinski definition) is 2. The number of anilines is 1. The SMILES string of the molecule is O=C(CSc1nnc(-c2cccc([N+](=O)[O-])c2)o1)Nc1ccc(C(=O)/C=C\c2ccc(-c3cc4ccccc4cc3O)cc2)cc1. The van der Waals surface area contributed by atoms with Gasteiger partial charge < -0.3 is 14.8 Å². The highest BCUT2D eigenvalue weighted by atomic mass is 32.2. The number of non-ortho nitro benzene ring substituents is 1. The Balaban J connectivity index is 1.01. The number of rotatable bonds is 10. The zero-order chi connectivity index (χ0) is 32.0. The number of fused-ring (bicyclic) bond motifs is 1.